The largest absolute Gasteiger partial charge is 0.496 e. The van der Waals surface area contributed by atoms with Crippen molar-refractivity contribution in [1.82, 2.24) is 9.80 Å². The Morgan fingerprint density at radius 1 is 1.22 bits per heavy atom. The van der Waals surface area contributed by atoms with Crippen LogP contribution in [-0.4, -0.2) is 54.4 Å². The number of likely N-dealkylation sites (tertiary alicyclic amines) is 2. The highest BCUT2D eigenvalue weighted by molar-refractivity contribution is 5.78. The summed E-state index contributed by atoms with van der Waals surface area (Å²) in [5.41, 5.74) is 2.25. The molecule has 5 nitrogen and oxygen atoms in total. The van der Waals surface area contributed by atoms with Gasteiger partial charge in [-0.3, -0.25) is 9.59 Å². The fourth-order valence-corrected chi connectivity index (χ4v) is 4.29. The van der Waals surface area contributed by atoms with Crippen molar-refractivity contribution in [3.05, 3.63) is 29.3 Å². The summed E-state index contributed by atoms with van der Waals surface area (Å²) in [6.45, 7) is 4.56. The maximum absolute atomic E-state index is 12.9. The smallest absolute Gasteiger partial charge is 0.223 e. The van der Waals surface area contributed by atoms with Crippen molar-refractivity contribution in [2.24, 2.45) is 0 Å². The van der Waals surface area contributed by atoms with Gasteiger partial charge in [-0.15, -0.1) is 0 Å². The molecule has 2 aliphatic heterocycles. The zero-order chi connectivity index (χ0) is 19.2. The lowest BCUT2D eigenvalue weighted by atomic mass is 9.98. The molecule has 2 saturated heterocycles. The molecule has 0 bridgehead atoms. The Morgan fingerprint density at radius 3 is 2.81 bits per heavy atom. The molecule has 0 aromatic heterocycles. The van der Waals surface area contributed by atoms with Crippen LogP contribution in [0, 0.1) is 6.92 Å². The van der Waals surface area contributed by atoms with Crippen LogP contribution in [0.1, 0.15) is 56.1 Å². The van der Waals surface area contributed by atoms with Gasteiger partial charge in [-0.05, 0) is 62.6 Å². The van der Waals surface area contributed by atoms with Crippen LogP contribution in [0.2, 0.25) is 0 Å². The first-order valence-corrected chi connectivity index (χ1v) is 10.3. The van der Waals surface area contributed by atoms with Crippen LogP contribution in [0.5, 0.6) is 5.75 Å². The monoisotopic (exact) mass is 372 g/mol. The number of hydrogen-bond donors (Lipinski definition) is 0. The van der Waals surface area contributed by atoms with E-state index in [4.69, 9.17) is 4.74 Å². The Hall–Kier alpha value is -2.04. The molecule has 2 aliphatic rings. The summed E-state index contributed by atoms with van der Waals surface area (Å²) in [4.78, 5) is 28.8. The molecule has 1 atom stereocenters. The summed E-state index contributed by atoms with van der Waals surface area (Å²) in [5, 5.41) is 0. The average Bonchev–Trinajstić information content (AvgIpc) is 3.10. The van der Waals surface area contributed by atoms with Gasteiger partial charge in [0.05, 0.1) is 7.11 Å². The summed E-state index contributed by atoms with van der Waals surface area (Å²) in [7, 11) is 1.68. The number of methoxy groups -OCH3 is 1. The van der Waals surface area contributed by atoms with Gasteiger partial charge in [0.25, 0.3) is 0 Å². The fourth-order valence-electron chi connectivity index (χ4n) is 4.29. The third-order valence-electron chi connectivity index (χ3n) is 5.95. The normalized spacial score (nSPS) is 20.2. The van der Waals surface area contributed by atoms with E-state index in [1.165, 1.54) is 6.42 Å². The number of carbonyl (C=O) groups excluding carboxylic acids is 2. The van der Waals surface area contributed by atoms with Gasteiger partial charge in [-0.25, -0.2) is 0 Å². The summed E-state index contributed by atoms with van der Waals surface area (Å²) in [6.07, 6.45) is 7.18. The Morgan fingerprint density at radius 2 is 2.07 bits per heavy atom. The minimum absolute atomic E-state index is 0.243. The molecule has 2 amide bonds. The van der Waals surface area contributed by atoms with Gasteiger partial charge in [0.2, 0.25) is 11.8 Å². The molecule has 1 aromatic carbocycles. The van der Waals surface area contributed by atoms with Crippen molar-refractivity contribution in [1.29, 1.82) is 0 Å². The lowest BCUT2D eigenvalue weighted by molar-refractivity contribution is -0.135. The van der Waals surface area contributed by atoms with E-state index in [2.05, 4.69) is 17.0 Å². The molecule has 0 unspecified atom stereocenters. The molecule has 0 aliphatic carbocycles. The first kappa shape index (κ1) is 19.7. The first-order chi connectivity index (χ1) is 13.1. The topological polar surface area (TPSA) is 49.9 Å². The molecule has 0 N–H and O–H groups in total. The van der Waals surface area contributed by atoms with Gasteiger partial charge in [0.1, 0.15) is 5.75 Å². The van der Waals surface area contributed by atoms with Crippen LogP contribution in [0.3, 0.4) is 0 Å². The van der Waals surface area contributed by atoms with Gasteiger partial charge in [0, 0.05) is 38.5 Å². The number of ether oxygens (including phenoxy) is 1. The Kier molecular flexibility index (Phi) is 6.75. The van der Waals surface area contributed by atoms with Crippen LogP contribution < -0.4 is 4.74 Å². The van der Waals surface area contributed by atoms with E-state index in [0.717, 1.165) is 68.6 Å². The minimum Gasteiger partial charge on any atom is -0.496 e. The fraction of sp³-hybridized carbons (Fsp3) is 0.636. The van der Waals surface area contributed by atoms with Crippen LogP contribution in [0.15, 0.2) is 18.2 Å². The maximum Gasteiger partial charge on any atom is 0.223 e. The number of piperidine rings is 1. The quantitative estimate of drug-likeness (QED) is 0.738. The molecule has 3 rings (SSSR count). The predicted octanol–water partition coefficient (Wildman–Crippen LogP) is 3.33. The van der Waals surface area contributed by atoms with Crippen molar-refractivity contribution < 1.29 is 14.3 Å². The molecule has 0 spiro atoms. The van der Waals surface area contributed by atoms with E-state index in [1.54, 1.807) is 7.11 Å². The number of hydrogen-bond acceptors (Lipinski definition) is 3. The lowest BCUT2D eigenvalue weighted by Crippen LogP contribution is -2.45. The van der Waals surface area contributed by atoms with Gasteiger partial charge in [0.15, 0.2) is 0 Å². The molecule has 2 heterocycles. The highest BCUT2D eigenvalue weighted by Gasteiger charge is 2.28. The number of rotatable bonds is 7. The lowest BCUT2D eigenvalue weighted by Gasteiger charge is -2.37. The third-order valence-corrected chi connectivity index (χ3v) is 5.95. The highest BCUT2D eigenvalue weighted by atomic mass is 16.5. The van der Waals surface area contributed by atoms with Gasteiger partial charge in [-0.2, -0.15) is 0 Å². The van der Waals surface area contributed by atoms with Crippen LogP contribution in [-0.2, 0) is 16.0 Å². The van der Waals surface area contributed by atoms with Crippen molar-refractivity contribution in [3.63, 3.8) is 0 Å². The van der Waals surface area contributed by atoms with E-state index in [0.29, 0.717) is 12.8 Å². The molecule has 5 heteroatoms. The highest BCUT2D eigenvalue weighted by Crippen LogP contribution is 2.24. The number of amides is 2. The number of nitrogens with zero attached hydrogens (tertiary/aromatic N) is 2. The third kappa shape index (κ3) is 5.02. The second-order valence-electron chi connectivity index (χ2n) is 7.81. The second kappa shape index (κ2) is 9.25. The van der Waals surface area contributed by atoms with Gasteiger partial charge in [-0.1, -0.05) is 12.1 Å². The van der Waals surface area contributed by atoms with E-state index < -0.39 is 0 Å². The van der Waals surface area contributed by atoms with Crippen molar-refractivity contribution in [2.75, 3.05) is 26.7 Å². The Labute approximate surface area is 162 Å². The summed E-state index contributed by atoms with van der Waals surface area (Å²) in [6, 6.07) is 6.45. The van der Waals surface area contributed by atoms with Crippen molar-refractivity contribution in [2.45, 2.75) is 64.3 Å². The zero-order valence-corrected chi connectivity index (χ0v) is 16.7. The zero-order valence-electron chi connectivity index (χ0n) is 16.7. The van der Waals surface area contributed by atoms with Crippen LogP contribution in [0.25, 0.3) is 0 Å². The Balaban J connectivity index is 1.54. The van der Waals surface area contributed by atoms with Crippen molar-refractivity contribution >= 4 is 11.8 Å². The molecule has 0 saturated carbocycles. The van der Waals surface area contributed by atoms with Crippen LogP contribution >= 0.6 is 0 Å². The van der Waals surface area contributed by atoms with E-state index >= 15 is 0 Å². The van der Waals surface area contributed by atoms with E-state index in [1.807, 2.05) is 17.9 Å². The van der Waals surface area contributed by atoms with Crippen molar-refractivity contribution in [3.8, 4) is 5.75 Å². The molecule has 27 heavy (non-hydrogen) atoms. The Bertz CT molecular complexity index is 674. The molecular formula is C22H32N2O3. The molecule has 1 aromatic rings. The van der Waals surface area contributed by atoms with E-state index in [9.17, 15) is 9.59 Å². The number of carbonyl (C=O) groups is 2. The molecule has 0 radical (unpaired) electrons. The minimum atomic E-state index is 0.243. The molecule has 2 fully saturated rings. The number of benzene rings is 1. The second-order valence-corrected chi connectivity index (χ2v) is 7.81. The molecular weight excluding hydrogens is 340 g/mol. The van der Waals surface area contributed by atoms with Gasteiger partial charge < -0.3 is 14.5 Å². The molecule has 148 valence electrons. The summed E-state index contributed by atoms with van der Waals surface area (Å²) in [5.74, 6) is 1.40. The average molecular weight is 373 g/mol. The predicted molar refractivity (Wildman–Crippen MR) is 106 cm³/mol. The van der Waals surface area contributed by atoms with Crippen LogP contribution in [0.4, 0.5) is 0 Å². The SMILES string of the molecule is COc1cc(CCC(=O)N2CCCC[C@H]2CCN2CCCC2=O)ccc1C. The van der Waals surface area contributed by atoms with E-state index in [-0.39, 0.29) is 17.9 Å². The number of aryl methyl sites for hydroxylation is 2. The first-order valence-electron chi connectivity index (χ1n) is 10.3. The summed E-state index contributed by atoms with van der Waals surface area (Å²) >= 11 is 0. The standard InChI is InChI=1S/C22H32N2O3/c1-17-8-9-18(16-20(17)27-2)10-11-22(26)24-14-4-3-6-19(24)12-15-23-13-5-7-21(23)25/h8-9,16,19H,3-7,10-15H2,1-2H3/t19-/m0/s1. The summed E-state index contributed by atoms with van der Waals surface area (Å²) < 4.78 is 5.39. The maximum atomic E-state index is 12.9. The van der Waals surface area contributed by atoms with Gasteiger partial charge >= 0.3 is 0 Å².